The number of methoxy groups -OCH3 is 1. The Kier molecular flexibility index (Phi) is 3.72. The van der Waals surface area contributed by atoms with Crippen LogP contribution in [-0.4, -0.2) is 19.7 Å². The monoisotopic (exact) mass is 197 g/mol. The predicted octanol–water partition coefficient (Wildman–Crippen LogP) is 1.97. The molecule has 0 saturated carbocycles. The molecule has 3 nitrogen and oxygen atoms in total. The van der Waals surface area contributed by atoms with Crippen LogP contribution in [0.2, 0.25) is 0 Å². The molecule has 0 spiro atoms. The van der Waals surface area contributed by atoms with Crippen LogP contribution in [0.5, 0.6) is 0 Å². The van der Waals surface area contributed by atoms with Gasteiger partial charge in [-0.3, -0.25) is 0 Å². The summed E-state index contributed by atoms with van der Waals surface area (Å²) in [5.74, 6) is 1.88. The van der Waals surface area contributed by atoms with Gasteiger partial charge >= 0.3 is 0 Å². The molecule has 3 heteroatoms. The summed E-state index contributed by atoms with van der Waals surface area (Å²) < 4.78 is 10.6. The van der Waals surface area contributed by atoms with Gasteiger partial charge in [-0.2, -0.15) is 0 Å². The summed E-state index contributed by atoms with van der Waals surface area (Å²) >= 11 is 0. The van der Waals surface area contributed by atoms with Gasteiger partial charge < -0.3 is 14.5 Å². The molecular weight excluding hydrogens is 178 g/mol. The van der Waals surface area contributed by atoms with Crippen LogP contribution >= 0.6 is 0 Å². The van der Waals surface area contributed by atoms with E-state index in [9.17, 15) is 0 Å². The van der Waals surface area contributed by atoms with Crippen LogP contribution in [0, 0.1) is 0 Å². The van der Waals surface area contributed by atoms with Crippen molar-refractivity contribution in [2.45, 2.75) is 32.4 Å². The lowest BCUT2D eigenvalue weighted by Gasteiger charge is -2.22. The summed E-state index contributed by atoms with van der Waals surface area (Å²) in [5, 5.41) is 3.24. The van der Waals surface area contributed by atoms with E-state index in [0.29, 0.717) is 6.61 Å². The Morgan fingerprint density at radius 3 is 2.57 bits per heavy atom. The van der Waals surface area contributed by atoms with Crippen molar-refractivity contribution in [3.05, 3.63) is 23.7 Å². The SMILES string of the molecule is CNC(C)(C)Cc1ccc(COC)o1. The zero-order chi connectivity index (χ0) is 10.6. The first-order valence-corrected chi connectivity index (χ1v) is 4.83. The van der Waals surface area contributed by atoms with Crippen molar-refractivity contribution in [2.24, 2.45) is 0 Å². The van der Waals surface area contributed by atoms with E-state index in [2.05, 4.69) is 19.2 Å². The van der Waals surface area contributed by atoms with Crippen molar-refractivity contribution in [3.63, 3.8) is 0 Å². The number of nitrogens with one attached hydrogen (secondary N) is 1. The van der Waals surface area contributed by atoms with Crippen molar-refractivity contribution in [1.29, 1.82) is 0 Å². The Morgan fingerprint density at radius 2 is 2.00 bits per heavy atom. The summed E-state index contributed by atoms with van der Waals surface area (Å²) in [6, 6.07) is 3.97. The predicted molar refractivity (Wildman–Crippen MR) is 56.3 cm³/mol. The van der Waals surface area contributed by atoms with Crippen LogP contribution < -0.4 is 5.32 Å². The fourth-order valence-corrected chi connectivity index (χ4v) is 1.26. The van der Waals surface area contributed by atoms with Crippen LogP contribution in [-0.2, 0) is 17.8 Å². The van der Waals surface area contributed by atoms with Gasteiger partial charge in [-0.15, -0.1) is 0 Å². The normalized spacial score (nSPS) is 12.0. The Hall–Kier alpha value is -0.800. The van der Waals surface area contributed by atoms with Crippen LogP contribution in [0.25, 0.3) is 0 Å². The number of ether oxygens (including phenoxy) is 1. The van der Waals surface area contributed by atoms with Gasteiger partial charge in [-0.25, -0.2) is 0 Å². The number of hydrogen-bond donors (Lipinski definition) is 1. The molecule has 0 fully saturated rings. The third-order valence-electron chi connectivity index (χ3n) is 2.30. The topological polar surface area (TPSA) is 34.4 Å². The van der Waals surface area contributed by atoms with E-state index < -0.39 is 0 Å². The molecule has 14 heavy (non-hydrogen) atoms. The number of likely N-dealkylation sites (N-methyl/N-ethyl adjacent to an activating group) is 1. The van der Waals surface area contributed by atoms with Gasteiger partial charge in [0.15, 0.2) is 0 Å². The molecule has 0 aliphatic rings. The van der Waals surface area contributed by atoms with E-state index in [1.54, 1.807) is 7.11 Å². The Balaban J connectivity index is 2.59. The molecule has 1 rings (SSSR count). The highest BCUT2D eigenvalue weighted by Gasteiger charge is 2.17. The van der Waals surface area contributed by atoms with Crippen LogP contribution in [0.15, 0.2) is 16.5 Å². The maximum Gasteiger partial charge on any atom is 0.129 e. The summed E-state index contributed by atoms with van der Waals surface area (Å²) in [7, 11) is 3.62. The molecule has 0 unspecified atom stereocenters. The quantitative estimate of drug-likeness (QED) is 0.783. The fourth-order valence-electron chi connectivity index (χ4n) is 1.26. The molecule has 1 heterocycles. The molecular formula is C11H19NO2. The number of hydrogen-bond acceptors (Lipinski definition) is 3. The third-order valence-corrected chi connectivity index (χ3v) is 2.30. The second kappa shape index (κ2) is 4.62. The van der Waals surface area contributed by atoms with Crippen molar-refractivity contribution < 1.29 is 9.15 Å². The van der Waals surface area contributed by atoms with E-state index in [0.717, 1.165) is 17.9 Å². The molecule has 0 atom stereocenters. The van der Waals surface area contributed by atoms with Crippen molar-refractivity contribution in [2.75, 3.05) is 14.2 Å². The third kappa shape index (κ3) is 3.16. The van der Waals surface area contributed by atoms with E-state index in [1.807, 2.05) is 19.2 Å². The van der Waals surface area contributed by atoms with Crippen molar-refractivity contribution in [3.8, 4) is 0 Å². The Labute approximate surface area is 85.4 Å². The molecule has 0 aromatic carbocycles. The van der Waals surface area contributed by atoms with E-state index in [-0.39, 0.29) is 5.54 Å². The lowest BCUT2D eigenvalue weighted by atomic mass is 10.00. The first kappa shape index (κ1) is 11.3. The van der Waals surface area contributed by atoms with E-state index in [1.165, 1.54) is 0 Å². The maximum atomic E-state index is 5.60. The van der Waals surface area contributed by atoms with Gasteiger partial charge in [0.05, 0.1) is 0 Å². The molecule has 0 amide bonds. The van der Waals surface area contributed by atoms with Gasteiger partial charge in [-0.1, -0.05) is 0 Å². The molecule has 1 aromatic heterocycles. The fraction of sp³-hybridized carbons (Fsp3) is 0.636. The number of rotatable bonds is 5. The standard InChI is InChI=1S/C11H19NO2/c1-11(2,12-3)7-9-5-6-10(14-9)8-13-4/h5-6,12H,7-8H2,1-4H3. The average molecular weight is 197 g/mol. The van der Waals surface area contributed by atoms with Crippen LogP contribution in [0.4, 0.5) is 0 Å². The Morgan fingerprint density at radius 1 is 1.36 bits per heavy atom. The first-order chi connectivity index (χ1) is 6.57. The zero-order valence-electron chi connectivity index (χ0n) is 9.39. The van der Waals surface area contributed by atoms with Crippen molar-refractivity contribution in [1.82, 2.24) is 5.32 Å². The zero-order valence-corrected chi connectivity index (χ0v) is 9.39. The second-order valence-electron chi connectivity index (χ2n) is 4.11. The van der Waals surface area contributed by atoms with E-state index >= 15 is 0 Å². The lowest BCUT2D eigenvalue weighted by molar-refractivity contribution is 0.162. The van der Waals surface area contributed by atoms with Gasteiger partial charge in [0.25, 0.3) is 0 Å². The van der Waals surface area contributed by atoms with Gasteiger partial charge in [0, 0.05) is 19.1 Å². The summed E-state index contributed by atoms with van der Waals surface area (Å²) in [6.07, 6.45) is 0.882. The minimum Gasteiger partial charge on any atom is -0.464 e. The summed E-state index contributed by atoms with van der Waals surface area (Å²) in [6.45, 7) is 4.83. The molecule has 1 aromatic rings. The highest BCUT2D eigenvalue weighted by Crippen LogP contribution is 2.15. The summed E-state index contributed by atoms with van der Waals surface area (Å²) in [4.78, 5) is 0. The highest BCUT2D eigenvalue weighted by molar-refractivity contribution is 5.09. The molecule has 0 bridgehead atoms. The molecule has 0 aliphatic heterocycles. The highest BCUT2D eigenvalue weighted by atomic mass is 16.5. The number of furan rings is 1. The average Bonchev–Trinajstić information content (AvgIpc) is 2.53. The first-order valence-electron chi connectivity index (χ1n) is 4.83. The molecule has 0 saturated heterocycles. The smallest absolute Gasteiger partial charge is 0.129 e. The molecule has 0 aliphatic carbocycles. The largest absolute Gasteiger partial charge is 0.464 e. The molecule has 1 N–H and O–H groups in total. The molecule has 0 radical (unpaired) electrons. The van der Waals surface area contributed by atoms with Gasteiger partial charge in [0.1, 0.15) is 18.1 Å². The lowest BCUT2D eigenvalue weighted by Crippen LogP contribution is -2.38. The van der Waals surface area contributed by atoms with Gasteiger partial charge in [-0.05, 0) is 33.0 Å². The summed E-state index contributed by atoms with van der Waals surface area (Å²) in [5.41, 5.74) is 0.0716. The minimum absolute atomic E-state index is 0.0716. The Bertz CT molecular complexity index is 279. The van der Waals surface area contributed by atoms with Crippen LogP contribution in [0.3, 0.4) is 0 Å². The van der Waals surface area contributed by atoms with E-state index in [4.69, 9.17) is 9.15 Å². The van der Waals surface area contributed by atoms with Crippen LogP contribution in [0.1, 0.15) is 25.4 Å². The van der Waals surface area contributed by atoms with Crippen molar-refractivity contribution >= 4 is 0 Å². The maximum absolute atomic E-state index is 5.60. The second-order valence-corrected chi connectivity index (χ2v) is 4.11. The molecule has 80 valence electrons. The van der Waals surface area contributed by atoms with Gasteiger partial charge in [0.2, 0.25) is 0 Å². The minimum atomic E-state index is 0.0716.